The molecule has 0 saturated carbocycles. The first-order valence-electron chi connectivity index (χ1n) is 5.94. The Balaban J connectivity index is 2.12. The molecule has 1 aromatic carbocycles. The predicted molar refractivity (Wildman–Crippen MR) is 74.5 cm³/mol. The predicted octanol–water partition coefficient (Wildman–Crippen LogP) is 3.00. The van der Waals surface area contributed by atoms with Crippen LogP contribution in [-0.2, 0) is 4.79 Å². The zero-order valence-electron chi connectivity index (χ0n) is 11.1. The number of halogens is 1. The number of hydrogen-bond acceptors (Lipinski definition) is 3. The molecule has 1 heterocycles. The lowest BCUT2D eigenvalue weighted by Crippen LogP contribution is -2.39. The molecule has 0 unspecified atom stereocenters. The first kappa shape index (κ1) is 13.7. The molecule has 0 bridgehead atoms. The number of ether oxygens (including phenoxy) is 2. The topological polar surface area (TPSA) is 47.6 Å². The van der Waals surface area contributed by atoms with Gasteiger partial charge in [-0.2, -0.15) is 0 Å². The molecular weight excluding hydrogens is 266 g/mol. The van der Waals surface area contributed by atoms with E-state index in [1.54, 1.807) is 18.2 Å². The molecule has 0 saturated heterocycles. The van der Waals surface area contributed by atoms with Gasteiger partial charge in [0.15, 0.2) is 11.5 Å². The van der Waals surface area contributed by atoms with E-state index in [1.165, 1.54) is 6.08 Å². The third-order valence-electron chi connectivity index (χ3n) is 2.37. The molecule has 102 valence electrons. The van der Waals surface area contributed by atoms with E-state index in [2.05, 4.69) is 5.32 Å². The number of hydrogen-bond donors (Lipinski definition) is 1. The van der Waals surface area contributed by atoms with Gasteiger partial charge in [-0.25, -0.2) is 0 Å². The van der Waals surface area contributed by atoms with Gasteiger partial charge in [-0.3, -0.25) is 4.79 Å². The minimum atomic E-state index is -0.256. The van der Waals surface area contributed by atoms with Gasteiger partial charge in [-0.1, -0.05) is 11.6 Å². The molecule has 1 aromatic rings. The number of benzene rings is 1. The van der Waals surface area contributed by atoms with Gasteiger partial charge >= 0.3 is 0 Å². The summed E-state index contributed by atoms with van der Waals surface area (Å²) in [5.41, 5.74) is 0.534. The van der Waals surface area contributed by atoms with Crippen molar-refractivity contribution in [1.29, 1.82) is 0 Å². The average molecular weight is 282 g/mol. The van der Waals surface area contributed by atoms with E-state index in [9.17, 15) is 4.79 Å². The lowest BCUT2D eigenvalue weighted by Gasteiger charge is -2.18. The van der Waals surface area contributed by atoms with Crippen LogP contribution < -0.4 is 14.8 Å². The maximum atomic E-state index is 11.7. The number of carbonyl (C=O) groups excluding carboxylic acids is 1. The molecule has 1 N–H and O–H groups in total. The van der Waals surface area contributed by atoms with Gasteiger partial charge in [0.1, 0.15) is 0 Å². The molecule has 2 rings (SSSR count). The first-order chi connectivity index (χ1) is 8.85. The first-order valence-corrected chi connectivity index (χ1v) is 6.32. The SMILES string of the molecule is CC(C)(C)NC(=O)/C=C/c1cc(Cl)c2c(c1)OCO2. The maximum absolute atomic E-state index is 11.7. The average Bonchev–Trinajstić information content (AvgIpc) is 2.72. The molecule has 5 heteroatoms. The molecule has 1 amide bonds. The van der Waals surface area contributed by atoms with Gasteiger partial charge in [0.05, 0.1) is 5.02 Å². The third kappa shape index (κ3) is 3.64. The lowest BCUT2D eigenvalue weighted by atomic mass is 10.1. The highest BCUT2D eigenvalue weighted by molar-refractivity contribution is 6.32. The van der Waals surface area contributed by atoms with Gasteiger partial charge in [0, 0.05) is 11.6 Å². The summed E-state index contributed by atoms with van der Waals surface area (Å²) < 4.78 is 10.5. The number of carbonyl (C=O) groups is 1. The van der Waals surface area contributed by atoms with Crippen molar-refractivity contribution < 1.29 is 14.3 Å². The number of nitrogens with one attached hydrogen (secondary N) is 1. The van der Waals surface area contributed by atoms with Crippen LogP contribution in [0, 0.1) is 0 Å². The van der Waals surface area contributed by atoms with E-state index in [1.807, 2.05) is 20.8 Å². The summed E-state index contributed by atoms with van der Waals surface area (Å²) in [6.45, 7) is 5.95. The third-order valence-corrected chi connectivity index (χ3v) is 2.66. The summed E-state index contributed by atoms with van der Waals surface area (Å²) >= 11 is 6.06. The van der Waals surface area contributed by atoms with Crippen LogP contribution in [0.25, 0.3) is 6.08 Å². The Kier molecular flexibility index (Phi) is 3.71. The fraction of sp³-hybridized carbons (Fsp3) is 0.357. The highest BCUT2D eigenvalue weighted by atomic mass is 35.5. The Hall–Kier alpha value is -1.68. The Labute approximate surface area is 117 Å². The summed E-state index contributed by atoms with van der Waals surface area (Å²) in [6.07, 6.45) is 3.16. The van der Waals surface area contributed by atoms with E-state index in [0.29, 0.717) is 16.5 Å². The van der Waals surface area contributed by atoms with Gasteiger partial charge in [-0.05, 0) is 44.5 Å². The van der Waals surface area contributed by atoms with Crippen LogP contribution in [-0.4, -0.2) is 18.2 Å². The normalized spacial score (nSPS) is 13.9. The van der Waals surface area contributed by atoms with Gasteiger partial charge < -0.3 is 14.8 Å². The summed E-state index contributed by atoms with van der Waals surface area (Å²) in [4.78, 5) is 11.7. The van der Waals surface area contributed by atoms with Gasteiger partial charge in [-0.15, -0.1) is 0 Å². The Morgan fingerprint density at radius 3 is 2.79 bits per heavy atom. The van der Waals surface area contributed by atoms with Crippen LogP contribution >= 0.6 is 11.6 Å². The summed E-state index contributed by atoms with van der Waals surface area (Å²) in [5, 5.41) is 3.32. The fourth-order valence-corrected chi connectivity index (χ4v) is 1.94. The van der Waals surface area contributed by atoms with Crippen molar-refractivity contribution >= 4 is 23.6 Å². The largest absolute Gasteiger partial charge is 0.454 e. The highest BCUT2D eigenvalue weighted by Gasteiger charge is 2.17. The van der Waals surface area contributed by atoms with E-state index >= 15 is 0 Å². The van der Waals surface area contributed by atoms with Crippen molar-refractivity contribution in [1.82, 2.24) is 5.32 Å². The van der Waals surface area contributed by atoms with Crippen LogP contribution in [0.15, 0.2) is 18.2 Å². The summed E-state index contributed by atoms with van der Waals surface area (Å²) in [5.74, 6) is 1.00. The number of rotatable bonds is 2. The van der Waals surface area contributed by atoms with Crippen molar-refractivity contribution in [2.24, 2.45) is 0 Å². The van der Waals surface area contributed by atoms with E-state index in [4.69, 9.17) is 21.1 Å². The van der Waals surface area contributed by atoms with E-state index < -0.39 is 0 Å². The molecule has 1 aliphatic rings. The number of fused-ring (bicyclic) bond motifs is 1. The second-order valence-electron chi connectivity index (χ2n) is 5.31. The quantitative estimate of drug-likeness (QED) is 0.848. The highest BCUT2D eigenvalue weighted by Crippen LogP contribution is 2.39. The second-order valence-corrected chi connectivity index (χ2v) is 5.72. The zero-order chi connectivity index (χ0) is 14.0. The Morgan fingerprint density at radius 1 is 1.37 bits per heavy atom. The minimum absolute atomic E-state index is 0.152. The molecule has 0 aromatic heterocycles. The van der Waals surface area contributed by atoms with Crippen molar-refractivity contribution in [3.8, 4) is 11.5 Å². The van der Waals surface area contributed by atoms with E-state index in [-0.39, 0.29) is 18.2 Å². The van der Waals surface area contributed by atoms with Crippen molar-refractivity contribution in [2.45, 2.75) is 26.3 Å². The van der Waals surface area contributed by atoms with Crippen molar-refractivity contribution in [3.63, 3.8) is 0 Å². The molecule has 0 radical (unpaired) electrons. The molecule has 4 nitrogen and oxygen atoms in total. The van der Waals surface area contributed by atoms with Gasteiger partial charge in [0.25, 0.3) is 0 Å². The second kappa shape index (κ2) is 5.13. The zero-order valence-corrected chi connectivity index (χ0v) is 11.9. The van der Waals surface area contributed by atoms with Crippen LogP contribution in [0.3, 0.4) is 0 Å². The summed E-state index contributed by atoms with van der Waals surface area (Å²) in [7, 11) is 0. The van der Waals surface area contributed by atoms with E-state index in [0.717, 1.165) is 5.56 Å². The van der Waals surface area contributed by atoms with Crippen LogP contribution in [0.1, 0.15) is 26.3 Å². The molecule has 19 heavy (non-hydrogen) atoms. The smallest absolute Gasteiger partial charge is 0.244 e. The molecular formula is C14H16ClNO3. The molecule has 0 fully saturated rings. The maximum Gasteiger partial charge on any atom is 0.244 e. The Morgan fingerprint density at radius 2 is 2.11 bits per heavy atom. The van der Waals surface area contributed by atoms with Gasteiger partial charge in [0.2, 0.25) is 12.7 Å². The van der Waals surface area contributed by atoms with Crippen LogP contribution in [0.5, 0.6) is 11.5 Å². The van der Waals surface area contributed by atoms with Crippen molar-refractivity contribution in [3.05, 3.63) is 28.8 Å². The molecule has 0 atom stereocenters. The standard InChI is InChI=1S/C14H16ClNO3/c1-14(2,3)16-12(17)5-4-9-6-10(15)13-11(7-9)18-8-19-13/h4-7H,8H2,1-3H3,(H,16,17)/b5-4+. The minimum Gasteiger partial charge on any atom is -0.454 e. The fourth-order valence-electron chi connectivity index (χ4n) is 1.67. The lowest BCUT2D eigenvalue weighted by molar-refractivity contribution is -0.117. The number of amides is 1. The summed E-state index contributed by atoms with van der Waals surface area (Å²) in [6, 6.07) is 3.52. The van der Waals surface area contributed by atoms with Crippen molar-refractivity contribution in [2.75, 3.05) is 6.79 Å². The Bertz CT molecular complexity index is 532. The molecule has 0 aliphatic carbocycles. The molecule has 0 spiro atoms. The van der Waals surface area contributed by atoms with Crippen LogP contribution in [0.2, 0.25) is 5.02 Å². The van der Waals surface area contributed by atoms with Crippen LogP contribution in [0.4, 0.5) is 0 Å². The molecule has 1 aliphatic heterocycles. The monoisotopic (exact) mass is 281 g/mol.